The molecule has 0 saturated carbocycles. The molecule has 3 rings (SSSR count). The van der Waals surface area contributed by atoms with Crippen molar-refractivity contribution in [2.75, 3.05) is 0 Å². The zero-order valence-corrected chi connectivity index (χ0v) is 11.9. The Morgan fingerprint density at radius 1 is 1.10 bits per heavy atom. The second-order valence-corrected chi connectivity index (χ2v) is 5.50. The van der Waals surface area contributed by atoms with E-state index >= 15 is 0 Å². The predicted octanol–water partition coefficient (Wildman–Crippen LogP) is 3.80. The Hall–Kier alpha value is -2.16. The molecular weight excluding hydrogens is 264 g/mol. The number of Topliss-reactive ketones (excluding diaryl/α,β-unsaturated/α-hetero) is 1. The average molecular weight is 282 g/mol. The molecule has 3 nitrogen and oxygen atoms in total. The van der Waals surface area contributed by atoms with Gasteiger partial charge in [-0.15, -0.1) is 0 Å². The number of fused-ring (bicyclic) bond motifs is 1. The van der Waals surface area contributed by atoms with Crippen LogP contribution in [0.15, 0.2) is 51.2 Å². The Morgan fingerprint density at radius 3 is 2.81 bits per heavy atom. The lowest BCUT2D eigenvalue weighted by molar-refractivity contribution is -0.116. The van der Waals surface area contributed by atoms with Crippen molar-refractivity contribution in [3.8, 4) is 0 Å². The fraction of sp³-hybridized carbons (Fsp3) is 0.333. The molecule has 0 spiro atoms. The first kappa shape index (κ1) is 13.8. The van der Waals surface area contributed by atoms with Crippen LogP contribution in [0, 0.1) is 0 Å². The van der Waals surface area contributed by atoms with Crippen molar-refractivity contribution in [2.45, 2.75) is 38.5 Å². The van der Waals surface area contributed by atoms with Crippen molar-refractivity contribution in [3.05, 3.63) is 58.0 Å². The van der Waals surface area contributed by atoms with E-state index in [1.54, 1.807) is 6.07 Å². The first-order valence-electron chi connectivity index (χ1n) is 7.48. The summed E-state index contributed by atoms with van der Waals surface area (Å²) in [4.78, 5) is 23.7. The van der Waals surface area contributed by atoms with Crippen LogP contribution in [0.5, 0.6) is 0 Å². The summed E-state index contributed by atoms with van der Waals surface area (Å²) < 4.78 is 5.32. The maximum atomic E-state index is 11.9. The van der Waals surface area contributed by atoms with Crippen LogP contribution in [0.25, 0.3) is 11.0 Å². The molecule has 0 radical (unpaired) electrons. The first-order chi connectivity index (χ1) is 10.2. The Kier molecular flexibility index (Phi) is 4.00. The van der Waals surface area contributed by atoms with Gasteiger partial charge in [0.2, 0.25) is 0 Å². The minimum absolute atomic E-state index is 0.266. The molecule has 2 aromatic rings. The SMILES string of the molecule is O=C1CCCC=C1CCCc1cc2ccccc2oc1=O. The van der Waals surface area contributed by atoms with E-state index in [2.05, 4.69) is 6.08 Å². The van der Waals surface area contributed by atoms with Crippen molar-refractivity contribution >= 4 is 16.8 Å². The van der Waals surface area contributed by atoms with Crippen LogP contribution in [0.3, 0.4) is 0 Å². The Morgan fingerprint density at radius 2 is 1.95 bits per heavy atom. The number of ketones is 1. The van der Waals surface area contributed by atoms with Gasteiger partial charge in [-0.3, -0.25) is 4.79 Å². The topological polar surface area (TPSA) is 47.3 Å². The highest BCUT2D eigenvalue weighted by Crippen LogP contribution is 2.20. The first-order valence-corrected chi connectivity index (χ1v) is 7.48. The Balaban J connectivity index is 1.70. The maximum Gasteiger partial charge on any atom is 0.339 e. The van der Waals surface area contributed by atoms with E-state index in [-0.39, 0.29) is 11.4 Å². The van der Waals surface area contributed by atoms with Crippen LogP contribution < -0.4 is 5.63 Å². The molecule has 1 aromatic heterocycles. The lowest BCUT2D eigenvalue weighted by Gasteiger charge is -2.11. The molecule has 0 aliphatic heterocycles. The number of carbonyl (C=O) groups excluding carboxylic acids is 1. The quantitative estimate of drug-likeness (QED) is 0.801. The summed E-state index contributed by atoms with van der Waals surface area (Å²) in [6.07, 6.45) is 6.90. The van der Waals surface area contributed by atoms with Gasteiger partial charge in [0.1, 0.15) is 5.58 Å². The molecule has 3 heteroatoms. The van der Waals surface area contributed by atoms with E-state index in [0.29, 0.717) is 24.0 Å². The van der Waals surface area contributed by atoms with Crippen molar-refractivity contribution in [3.63, 3.8) is 0 Å². The zero-order chi connectivity index (χ0) is 14.7. The zero-order valence-electron chi connectivity index (χ0n) is 11.9. The van der Waals surface area contributed by atoms with Gasteiger partial charge < -0.3 is 4.42 Å². The number of rotatable bonds is 4. The van der Waals surface area contributed by atoms with Gasteiger partial charge in [0.15, 0.2) is 5.78 Å². The second-order valence-electron chi connectivity index (χ2n) is 5.50. The van der Waals surface area contributed by atoms with Gasteiger partial charge in [-0.25, -0.2) is 4.79 Å². The summed E-state index contributed by atoms with van der Waals surface area (Å²) in [5.41, 5.74) is 1.98. The van der Waals surface area contributed by atoms with Crippen molar-refractivity contribution in [2.24, 2.45) is 0 Å². The highest BCUT2D eigenvalue weighted by Gasteiger charge is 2.13. The van der Waals surface area contributed by atoms with Gasteiger partial charge in [-0.05, 0) is 49.8 Å². The Labute approximate surface area is 123 Å². The molecule has 0 fully saturated rings. The monoisotopic (exact) mass is 282 g/mol. The molecule has 108 valence electrons. The number of aryl methyl sites for hydroxylation is 1. The summed E-state index contributed by atoms with van der Waals surface area (Å²) >= 11 is 0. The fourth-order valence-corrected chi connectivity index (χ4v) is 2.80. The molecule has 0 N–H and O–H groups in total. The number of benzene rings is 1. The van der Waals surface area contributed by atoms with Gasteiger partial charge in [0.05, 0.1) is 0 Å². The number of carbonyl (C=O) groups is 1. The minimum Gasteiger partial charge on any atom is -0.423 e. The fourth-order valence-electron chi connectivity index (χ4n) is 2.80. The summed E-state index contributed by atoms with van der Waals surface area (Å²) in [7, 11) is 0. The van der Waals surface area contributed by atoms with Gasteiger partial charge >= 0.3 is 5.63 Å². The van der Waals surface area contributed by atoms with Crippen LogP contribution >= 0.6 is 0 Å². The minimum atomic E-state index is -0.266. The van der Waals surface area contributed by atoms with Crippen LogP contribution in [-0.4, -0.2) is 5.78 Å². The Bertz CT molecular complexity index is 752. The van der Waals surface area contributed by atoms with E-state index in [1.165, 1.54) is 0 Å². The smallest absolute Gasteiger partial charge is 0.339 e. The van der Waals surface area contributed by atoms with Crippen molar-refractivity contribution in [1.29, 1.82) is 0 Å². The lowest BCUT2D eigenvalue weighted by Crippen LogP contribution is -2.10. The molecule has 0 saturated heterocycles. The number of para-hydroxylation sites is 1. The van der Waals surface area contributed by atoms with Gasteiger partial charge in [0, 0.05) is 17.4 Å². The molecule has 1 aliphatic carbocycles. The van der Waals surface area contributed by atoms with E-state index in [9.17, 15) is 9.59 Å². The van der Waals surface area contributed by atoms with E-state index < -0.39 is 0 Å². The van der Waals surface area contributed by atoms with Crippen molar-refractivity contribution in [1.82, 2.24) is 0 Å². The molecule has 0 atom stereocenters. The average Bonchev–Trinajstić information content (AvgIpc) is 2.49. The van der Waals surface area contributed by atoms with E-state index in [4.69, 9.17) is 4.42 Å². The molecule has 1 aromatic carbocycles. The normalized spacial score (nSPS) is 15.2. The summed E-state index contributed by atoms with van der Waals surface area (Å²) in [6.45, 7) is 0. The van der Waals surface area contributed by atoms with Crippen LogP contribution in [-0.2, 0) is 11.2 Å². The van der Waals surface area contributed by atoms with Crippen LogP contribution in [0.2, 0.25) is 0 Å². The van der Waals surface area contributed by atoms with E-state index in [0.717, 1.165) is 36.6 Å². The largest absolute Gasteiger partial charge is 0.423 e. The molecular formula is C18H18O3. The summed E-state index contributed by atoms with van der Waals surface area (Å²) in [5.74, 6) is 0.270. The molecule has 21 heavy (non-hydrogen) atoms. The number of allylic oxidation sites excluding steroid dienone is 2. The van der Waals surface area contributed by atoms with Crippen LogP contribution in [0.1, 0.15) is 37.7 Å². The molecule has 0 bridgehead atoms. The lowest BCUT2D eigenvalue weighted by atomic mass is 9.93. The van der Waals surface area contributed by atoms with Gasteiger partial charge in [-0.2, -0.15) is 0 Å². The predicted molar refractivity (Wildman–Crippen MR) is 82.4 cm³/mol. The second kappa shape index (κ2) is 6.08. The molecule has 0 unspecified atom stereocenters. The summed E-state index contributed by atoms with van der Waals surface area (Å²) in [6, 6.07) is 9.42. The molecule has 0 amide bonds. The van der Waals surface area contributed by atoms with E-state index in [1.807, 2.05) is 24.3 Å². The summed E-state index contributed by atoms with van der Waals surface area (Å²) in [5, 5.41) is 0.944. The molecule has 1 heterocycles. The highest BCUT2D eigenvalue weighted by molar-refractivity contribution is 5.95. The molecule has 1 aliphatic rings. The number of hydrogen-bond acceptors (Lipinski definition) is 3. The maximum absolute atomic E-state index is 11.9. The number of hydrogen-bond donors (Lipinski definition) is 0. The third-order valence-corrected chi connectivity index (χ3v) is 3.96. The van der Waals surface area contributed by atoms with Crippen LogP contribution in [0.4, 0.5) is 0 Å². The van der Waals surface area contributed by atoms with Gasteiger partial charge in [-0.1, -0.05) is 24.3 Å². The van der Waals surface area contributed by atoms with Crippen molar-refractivity contribution < 1.29 is 9.21 Å². The standard InChI is InChI=1S/C18H18O3/c19-16-10-3-1-6-13(16)8-5-9-15-12-14-7-2-4-11-17(14)21-18(15)20/h2,4,6-7,11-12H,1,3,5,8-10H2. The van der Waals surface area contributed by atoms with Gasteiger partial charge in [0.25, 0.3) is 0 Å². The third-order valence-electron chi connectivity index (χ3n) is 3.96. The third kappa shape index (κ3) is 3.13. The highest BCUT2D eigenvalue weighted by atomic mass is 16.4.